The molecule has 5 heteroatoms. The number of amidine groups is 1. The van der Waals surface area contributed by atoms with E-state index >= 15 is 0 Å². The van der Waals surface area contributed by atoms with E-state index in [-0.39, 0.29) is 0 Å². The van der Waals surface area contributed by atoms with E-state index in [1.165, 1.54) is 39.1 Å². The van der Waals surface area contributed by atoms with Crippen LogP contribution in [0.5, 0.6) is 0 Å². The second-order valence-electron chi connectivity index (χ2n) is 6.50. The lowest BCUT2D eigenvalue weighted by atomic mass is 10.1. The second kappa shape index (κ2) is 8.31. The fraction of sp³-hybridized carbons (Fsp3) is 0.130. The predicted octanol–water partition coefficient (Wildman–Crippen LogP) is 5.40. The zero-order valence-electron chi connectivity index (χ0n) is 15.7. The van der Waals surface area contributed by atoms with Gasteiger partial charge in [0.25, 0.3) is 0 Å². The quantitative estimate of drug-likeness (QED) is 0.284. The number of para-hydroxylation sites is 1. The van der Waals surface area contributed by atoms with Crippen molar-refractivity contribution >= 4 is 44.9 Å². The highest BCUT2D eigenvalue weighted by atomic mass is 32.2. The van der Waals surface area contributed by atoms with Gasteiger partial charge in [-0.2, -0.15) is 5.10 Å². The number of fused-ring (bicyclic) bond motifs is 3. The number of hydrogen-bond donors (Lipinski definition) is 1. The normalized spacial score (nSPS) is 12.4. The minimum absolute atomic E-state index is 0.462. The van der Waals surface area contributed by atoms with Crippen molar-refractivity contribution in [3.05, 3.63) is 83.9 Å². The third-order valence-electron chi connectivity index (χ3n) is 4.71. The van der Waals surface area contributed by atoms with Gasteiger partial charge in [-0.05, 0) is 36.2 Å². The van der Waals surface area contributed by atoms with Crippen molar-refractivity contribution in [3.8, 4) is 0 Å². The standard InChI is InChI=1S/C23H22N4S/c1-2-27-21-11-7-6-10-19(21)20-14-18(12-13-22(20)27)15-25-26-23(24)28-16-17-8-4-3-5-9-17/h3-15H,2,16H2,1H3,(H2,24,26). The maximum Gasteiger partial charge on any atom is 0.180 e. The largest absolute Gasteiger partial charge is 0.377 e. The number of thioether (sulfide) groups is 1. The van der Waals surface area contributed by atoms with Crippen molar-refractivity contribution in [3.63, 3.8) is 0 Å². The number of hydrogen-bond acceptors (Lipinski definition) is 3. The molecular weight excluding hydrogens is 364 g/mol. The van der Waals surface area contributed by atoms with E-state index in [1.807, 2.05) is 18.2 Å². The molecule has 0 aliphatic carbocycles. The highest BCUT2D eigenvalue weighted by molar-refractivity contribution is 8.13. The van der Waals surface area contributed by atoms with Gasteiger partial charge in [0.05, 0.1) is 6.21 Å². The number of aromatic nitrogens is 1. The van der Waals surface area contributed by atoms with Gasteiger partial charge in [0, 0.05) is 34.1 Å². The summed E-state index contributed by atoms with van der Waals surface area (Å²) in [5.41, 5.74) is 10.7. The van der Waals surface area contributed by atoms with Gasteiger partial charge in [-0.15, -0.1) is 5.10 Å². The van der Waals surface area contributed by atoms with Gasteiger partial charge in [0.2, 0.25) is 0 Å². The van der Waals surface area contributed by atoms with E-state index in [4.69, 9.17) is 5.73 Å². The van der Waals surface area contributed by atoms with Crippen LogP contribution in [-0.2, 0) is 12.3 Å². The summed E-state index contributed by atoms with van der Waals surface area (Å²) in [5.74, 6) is 0.786. The van der Waals surface area contributed by atoms with Crippen LogP contribution < -0.4 is 5.73 Å². The van der Waals surface area contributed by atoms with E-state index in [1.54, 1.807) is 6.21 Å². The van der Waals surface area contributed by atoms with Crippen LogP contribution in [0.15, 0.2) is 83.0 Å². The first kappa shape index (κ1) is 18.3. The summed E-state index contributed by atoms with van der Waals surface area (Å²) in [6.07, 6.45) is 1.76. The Morgan fingerprint density at radius 1 is 0.964 bits per heavy atom. The third kappa shape index (κ3) is 3.80. The summed E-state index contributed by atoms with van der Waals surface area (Å²) >= 11 is 1.49. The van der Waals surface area contributed by atoms with Gasteiger partial charge in [0.1, 0.15) is 0 Å². The first-order valence-electron chi connectivity index (χ1n) is 9.30. The van der Waals surface area contributed by atoms with Crippen molar-refractivity contribution in [2.75, 3.05) is 0 Å². The molecule has 4 rings (SSSR count). The number of benzene rings is 3. The third-order valence-corrected chi connectivity index (χ3v) is 5.56. The summed E-state index contributed by atoms with van der Waals surface area (Å²) in [6.45, 7) is 3.11. The van der Waals surface area contributed by atoms with Crippen LogP contribution in [0.3, 0.4) is 0 Å². The number of nitrogens with zero attached hydrogens (tertiary/aromatic N) is 3. The average molecular weight is 387 g/mol. The molecule has 0 aliphatic heterocycles. The minimum Gasteiger partial charge on any atom is -0.377 e. The molecule has 4 aromatic rings. The van der Waals surface area contributed by atoms with Gasteiger partial charge in [-0.3, -0.25) is 0 Å². The Labute approximate surface area is 168 Å². The Kier molecular flexibility index (Phi) is 5.44. The summed E-state index contributed by atoms with van der Waals surface area (Å²) < 4.78 is 2.34. The molecule has 140 valence electrons. The van der Waals surface area contributed by atoms with Crippen LogP contribution in [0.2, 0.25) is 0 Å². The SMILES string of the molecule is CCn1c2ccccc2c2cc(C=NN=C(N)SCc3ccccc3)ccc21. The van der Waals surface area contributed by atoms with Gasteiger partial charge in [-0.1, -0.05) is 66.4 Å². The van der Waals surface area contributed by atoms with Crippen LogP contribution >= 0.6 is 11.8 Å². The average Bonchev–Trinajstić information content (AvgIpc) is 3.06. The van der Waals surface area contributed by atoms with Crippen LogP contribution in [-0.4, -0.2) is 15.9 Å². The molecule has 1 heterocycles. The summed E-state index contributed by atoms with van der Waals surface area (Å²) in [4.78, 5) is 0. The van der Waals surface area contributed by atoms with Crippen molar-refractivity contribution in [2.24, 2.45) is 15.9 Å². The lowest BCUT2D eigenvalue weighted by Crippen LogP contribution is -2.05. The minimum atomic E-state index is 0.462. The van der Waals surface area contributed by atoms with Crippen LogP contribution in [0.1, 0.15) is 18.1 Å². The Balaban J connectivity index is 1.53. The number of rotatable bonds is 5. The molecule has 0 atom stereocenters. The molecule has 0 fully saturated rings. The molecule has 0 radical (unpaired) electrons. The monoisotopic (exact) mass is 386 g/mol. The van der Waals surface area contributed by atoms with Gasteiger partial charge in [0.15, 0.2) is 5.17 Å². The predicted molar refractivity (Wildman–Crippen MR) is 122 cm³/mol. The highest BCUT2D eigenvalue weighted by Crippen LogP contribution is 2.29. The number of aryl methyl sites for hydroxylation is 1. The van der Waals surface area contributed by atoms with E-state index in [2.05, 4.69) is 76.3 Å². The van der Waals surface area contributed by atoms with Crippen LogP contribution in [0.25, 0.3) is 21.8 Å². The van der Waals surface area contributed by atoms with E-state index in [9.17, 15) is 0 Å². The van der Waals surface area contributed by atoms with Gasteiger partial charge in [-0.25, -0.2) is 0 Å². The molecule has 0 bridgehead atoms. The number of nitrogens with two attached hydrogens (primary N) is 1. The van der Waals surface area contributed by atoms with E-state index in [0.717, 1.165) is 17.9 Å². The zero-order chi connectivity index (χ0) is 19.3. The van der Waals surface area contributed by atoms with Gasteiger partial charge >= 0.3 is 0 Å². The maximum atomic E-state index is 5.97. The Hall–Kier alpha value is -3.05. The fourth-order valence-corrected chi connectivity index (χ4v) is 4.02. The first-order chi connectivity index (χ1) is 13.8. The van der Waals surface area contributed by atoms with Crippen LogP contribution in [0, 0.1) is 0 Å². The fourth-order valence-electron chi connectivity index (χ4n) is 3.41. The Bertz CT molecular complexity index is 1160. The molecule has 0 unspecified atom stereocenters. The maximum absolute atomic E-state index is 5.97. The molecule has 3 aromatic carbocycles. The summed E-state index contributed by atoms with van der Waals surface area (Å²) in [5, 5.41) is 11.3. The van der Waals surface area contributed by atoms with Crippen molar-refractivity contribution in [1.29, 1.82) is 0 Å². The Morgan fingerprint density at radius 3 is 2.54 bits per heavy atom. The highest BCUT2D eigenvalue weighted by Gasteiger charge is 2.08. The van der Waals surface area contributed by atoms with Crippen molar-refractivity contribution in [2.45, 2.75) is 19.2 Å². The molecular formula is C23H22N4S. The van der Waals surface area contributed by atoms with Gasteiger partial charge < -0.3 is 10.3 Å². The van der Waals surface area contributed by atoms with E-state index < -0.39 is 0 Å². The molecule has 0 spiro atoms. The topological polar surface area (TPSA) is 55.7 Å². The lowest BCUT2D eigenvalue weighted by molar-refractivity contribution is 0.827. The summed E-state index contributed by atoms with van der Waals surface area (Å²) in [6, 6.07) is 25.1. The first-order valence-corrected chi connectivity index (χ1v) is 10.3. The zero-order valence-corrected chi connectivity index (χ0v) is 16.6. The second-order valence-corrected chi connectivity index (χ2v) is 7.49. The molecule has 4 nitrogen and oxygen atoms in total. The van der Waals surface area contributed by atoms with Crippen molar-refractivity contribution in [1.82, 2.24) is 4.57 Å². The molecule has 0 amide bonds. The lowest BCUT2D eigenvalue weighted by Gasteiger charge is -2.02. The summed E-state index contributed by atoms with van der Waals surface area (Å²) in [7, 11) is 0. The molecule has 28 heavy (non-hydrogen) atoms. The molecule has 2 N–H and O–H groups in total. The molecule has 0 saturated heterocycles. The van der Waals surface area contributed by atoms with E-state index in [0.29, 0.717) is 5.17 Å². The van der Waals surface area contributed by atoms with Crippen LogP contribution in [0.4, 0.5) is 0 Å². The molecule has 0 saturated carbocycles. The molecule has 0 aliphatic rings. The Morgan fingerprint density at radius 2 is 1.71 bits per heavy atom. The van der Waals surface area contributed by atoms with Crippen molar-refractivity contribution < 1.29 is 0 Å². The smallest absolute Gasteiger partial charge is 0.180 e. The molecule has 1 aromatic heterocycles.